The summed E-state index contributed by atoms with van der Waals surface area (Å²) in [7, 11) is 0. The Morgan fingerprint density at radius 1 is 0.771 bits per heavy atom. The van der Waals surface area contributed by atoms with Gasteiger partial charge in [-0.2, -0.15) is 0 Å². The predicted octanol–water partition coefficient (Wildman–Crippen LogP) is 2.22. The number of hydrogen-bond acceptors (Lipinski definition) is 4. The van der Waals surface area contributed by atoms with Gasteiger partial charge in [-0.25, -0.2) is 4.79 Å². The molecule has 0 fully saturated rings. The number of amides is 3. The fraction of sp³-hybridized carbons (Fsp3) is 0.464. The molecule has 0 radical (unpaired) electrons. The molecule has 35 heavy (non-hydrogen) atoms. The van der Waals surface area contributed by atoms with Crippen LogP contribution in [0.1, 0.15) is 72.9 Å². The van der Waals surface area contributed by atoms with E-state index in [-0.39, 0.29) is 42.9 Å². The molecule has 7 nitrogen and oxygen atoms in total. The van der Waals surface area contributed by atoms with E-state index in [1.165, 1.54) is 22.3 Å². The highest BCUT2D eigenvalue weighted by atomic mass is 16.2. The van der Waals surface area contributed by atoms with Gasteiger partial charge in [-0.05, 0) is 67.3 Å². The summed E-state index contributed by atoms with van der Waals surface area (Å²) in [5.74, 6) is -0.161. The first-order chi connectivity index (χ1) is 17.0. The Labute approximate surface area is 207 Å². The van der Waals surface area contributed by atoms with Crippen molar-refractivity contribution < 1.29 is 20.1 Å². The van der Waals surface area contributed by atoms with Crippen LogP contribution in [0, 0.1) is 0 Å². The maximum Gasteiger partial charge on any atom is 0.308 e. The Hall–Kier alpha value is -3.03. The van der Waals surface area contributed by atoms with Crippen molar-refractivity contribution in [2.24, 2.45) is 0 Å². The zero-order valence-electron chi connectivity index (χ0n) is 20.4. The Balaban J connectivity index is 1.32. The number of fused-ring (bicyclic) bond motifs is 2. The molecule has 2 aliphatic rings. The Morgan fingerprint density at radius 3 is 1.80 bits per heavy atom. The number of rotatable bonds is 12. The first-order valence-electron chi connectivity index (χ1n) is 12.8. The lowest BCUT2D eigenvalue weighted by Gasteiger charge is -2.24. The first-order valence-corrected chi connectivity index (χ1v) is 12.8. The summed E-state index contributed by atoms with van der Waals surface area (Å²) in [6.07, 6.45) is 6.72. The third kappa shape index (κ3) is 6.99. The first kappa shape index (κ1) is 25.1. The molecule has 0 aliphatic heterocycles. The van der Waals surface area contributed by atoms with Crippen LogP contribution in [0.4, 0.5) is 0 Å². The summed E-state index contributed by atoms with van der Waals surface area (Å²) in [4.78, 5) is 38.9. The second-order valence-corrected chi connectivity index (χ2v) is 9.78. The maximum absolute atomic E-state index is 12.9. The molecule has 0 aromatic heterocycles. The third-order valence-electron chi connectivity index (χ3n) is 7.10. The van der Waals surface area contributed by atoms with Gasteiger partial charge in [0.25, 0.3) is 0 Å². The largest absolute Gasteiger partial charge is 0.348 e. The maximum atomic E-state index is 12.9. The van der Waals surface area contributed by atoms with Crippen molar-refractivity contribution >= 4 is 17.7 Å². The Bertz CT molecular complexity index is 983. The number of hydrogen-bond donors (Lipinski definition) is 3. The molecule has 2 aliphatic carbocycles. The van der Waals surface area contributed by atoms with E-state index in [2.05, 4.69) is 40.6 Å². The Kier molecular flexibility index (Phi) is 8.66. The van der Waals surface area contributed by atoms with Crippen LogP contribution in [0.3, 0.4) is 0 Å². The highest BCUT2D eigenvalue weighted by Crippen LogP contribution is 2.31. The van der Waals surface area contributed by atoms with Crippen molar-refractivity contribution in [2.45, 2.75) is 63.5 Å². The molecule has 0 saturated carbocycles. The summed E-state index contributed by atoms with van der Waals surface area (Å²) in [5.41, 5.74) is 8.41. The van der Waals surface area contributed by atoms with Crippen LogP contribution in [0.15, 0.2) is 48.5 Å². The van der Waals surface area contributed by atoms with Crippen LogP contribution in [-0.4, -0.2) is 42.3 Å². The normalized spacial score (nSPS) is 18.2. The molecule has 7 heteroatoms. The van der Waals surface area contributed by atoms with Crippen LogP contribution >= 0.6 is 0 Å². The van der Waals surface area contributed by atoms with Gasteiger partial charge in [-0.15, -0.1) is 0 Å². The van der Waals surface area contributed by atoms with Gasteiger partial charge in [0.1, 0.15) is 0 Å². The molecule has 2 aromatic carbocycles. The smallest absolute Gasteiger partial charge is 0.308 e. The standard InChI is InChI=1S/C28H36N4O3/c29-26(33)12-2-1-7-17-32(18-27(34)30-24-15-13-20-8-3-5-10-22(20)24)19-28(35)31-25-16-14-21-9-4-6-11-23(21)25/h3-6,8-11,24-25H,1-2,7,12-19H2,(H2,29,33)(H,30,34)(H,31,35)/p+1. The van der Waals surface area contributed by atoms with Gasteiger partial charge >= 0.3 is 5.91 Å². The molecular weight excluding hydrogens is 440 g/mol. The summed E-state index contributed by atoms with van der Waals surface area (Å²) >= 11 is 0. The average Bonchev–Trinajstić information content (AvgIpc) is 3.43. The minimum Gasteiger partial charge on any atom is -0.348 e. The van der Waals surface area contributed by atoms with Gasteiger partial charge < -0.3 is 10.6 Å². The molecule has 0 spiro atoms. The van der Waals surface area contributed by atoms with Crippen LogP contribution in [-0.2, 0) is 27.2 Å². The second-order valence-electron chi connectivity index (χ2n) is 9.78. The summed E-state index contributed by atoms with van der Waals surface area (Å²) in [5, 5.41) is 6.35. The minimum atomic E-state index is -0.0568. The number of carbonyl (C=O) groups is 3. The Morgan fingerprint density at radius 2 is 1.29 bits per heavy atom. The number of aryl methyl sites for hydroxylation is 2. The van der Waals surface area contributed by atoms with Crippen molar-refractivity contribution in [2.75, 3.05) is 19.6 Å². The van der Waals surface area contributed by atoms with E-state index >= 15 is 0 Å². The van der Waals surface area contributed by atoms with E-state index < -0.39 is 0 Å². The highest BCUT2D eigenvalue weighted by Gasteiger charge is 2.26. The molecule has 0 bridgehead atoms. The van der Waals surface area contributed by atoms with Crippen molar-refractivity contribution in [1.29, 1.82) is 0 Å². The molecular formula is C28H37N4O3+. The number of quaternary nitrogens is 1. The van der Waals surface area contributed by atoms with Crippen molar-refractivity contribution in [3.05, 3.63) is 70.8 Å². The summed E-state index contributed by atoms with van der Waals surface area (Å²) in [6, 6.07) is 16.6. The fourth-order valence-corrected chi connectivity index (χ4v) is 5.35. The van der Waals surface area contributed by atoms with E-state index in [9.17, 15) is 14.4 Å². The van der Waals surface area contributed by atoms with E-state index in [4.69, 9.17) is 0 Å². The van der Waals surface area contributed by atoms with Crippen LogP contribution in [0.5, 0.6) is 0 Å². The van der Waals surface area contributed by atoms with Crippen molar-refractivity contribution in [3.8, 4) is 0 Å². The summed E-state index contributed by atoms with van der Waals surface area (Å²) < 4.78 is 0. The van der Waals surface area contributed by atoms with Gasteiger partial charge in [-0.3, -0.25) is 20.2 Å². The molecule has 2 unspecified atom stereocenters. The number of nitrogens with one attached hydrogen (secondary N) is 2. The number of unbranched alkanes of at least 4 members (excludes halogenated alkanes) is 2. The van der Waals surface area contributed by atoms with Gasteiger partial charge in [-0.1, -0.05) is 55.0 Å². The van der Waals surface area contributed by atoms with Gasteiger partial charge in [0.2, 0.25) is 11.8 Å². The van der Waals surface area contributed by atoms with E-state index in [1.807, 2.05) is 29.2 Å². The van der Waals surface area contributed by atoms with Gasteiger partial charge in [0.15, 0.2) is 0 Å². The van der Waals surface area contributed by atoms with Crippen molar-refractivity contribution in [1.82, 2.24) is 15.5 Å². The average molecular weight is 478 g/mol. The van der Waals surface area contributed by atoms with E-state index in [0.717, 1.165) is 44.9 Å². The monoisotopic (exact) mass is 477 g/mol. The molecule has 5 N–H and O–H groups in total. The zero-order valence-corrected chi connectivity index (χ0v) is 20.4. The molecule has 3 amide bonds. The van der Waals surface area contributed by atoms with E-state index in [1.54, 1.807) is 0 Å². The second kappa shape index (κ2) is 12.1. The lowest BCUT2D eigenvalue weighted by atomic mass is 10.1. The quantitative estimate of drug-likeness (QED) is 0.408. The van der Waals surface area contributed by atoms with Gasteiger partial charge in [0.05, 0.1) is 31.6 Å². The molecule has 4 rings (SSSR count). The summed E-state index contributed by atoms with van der Waals surface area (Å²) in [6.45, 7) is 0.998. The lowest BCUT2D eigenvalue weighted by molar-refractivity contribution is -0.305. The van der Waals surface area contributed by atoms with Crippen molar-refractivity contribution in [3.63, 3.8) is 0 Å². The van der Waals surface area contributed by atoms with Gasteiger partial charge in [0, 0.05) is 0 Å². The molecule has 186 valence electrons. The SMILES string of the molecule is [NH3+]C(=O)CCCCCN(CC(=O)NC1CCc2ccccc21)CC(=O)NC1CCc2ccccc21. The molecule has 0 saturated heterocycles. The minimum absolute atomic E-state index is 0.0347. The highest BCUT2D eigenvalue weighted by molar-refractivity contribution is 5.82. The molecule has 2 aromatic rings. The molecule has 2 atom stereocenters. The van der Waals surface area contributed by atoms with Crippen LogP contribution in [0.25, 0.3) is 0 Å². The molecule has 0 heterocycles. The van der Waals surface area contributed by atoms with Crippen LogP contribution in [0.2, 0.25) is 0 Å². The number of carbonyl (C=O) groups excluding carboxylic acids is 3. The number of nitrogens with zero attached hydrogens (tertiary/aromatic N) is 1. The zero-order chi connectivity index (χ0) is 24.6. The number of benzene rings is 2. The fourth-order valence-electron chi connectivity index (χ4n) is 5.35. The topological polar surface area (TPSA) is 106 Å². The lowest BCUT2D eigenvalue weighted by Crippen LogP contribution is -2.56. The van der Waals surface area contributed by atoms with E-state index in [0.29, 0.717) is 13.0 Å². The van der Waals surface area contributed by atoms with Crippen LogP contribution < -0.4 is 16.4 Å². The third-order valence-corrected chi connectivity index (χ3v) is 7.10. The predicted molar refractivity (Wildman–Crippen MR) is 134 cm³/mol.